The molecule has 1 aromatic carbocycles. The summed E-state index contributed by atoms with van der Waals surface area (Å²) in [6, 6.07) is 9.03. The van der Waals surface area contributed by atoms with Crippen LogP contribution < -0.4 is 10.6 Å². The highest BCUT2D eigenvalue weighted by Crippen LogP contribution is 2.17. The fourth-order valence-electron chi connectivity index (χ4n) is 2.76. The minimum Gasteiger partial charge on any atom is -0.385 e. The van der Waals surface area contributed by atoms with Gasteiger partial charge in [0.2, 0.25) is 0 Å². The SMILES string of the molecule is CN=C(NCCN(C)CCCOC)NCC(c1ccc(C)cc1)N(C)C. The van der Waals surface area contributed by atoms with Crippen LogP contribution in [0.1, 0.15) is 23.6 Å². The van der Waals surface area contributed by atoms with Gasteiger partial charge < -0.3 is 25.2 Å². The van der Waals surface area contributed by atoms with Crippen LogP contribution in [0, 0.1) is 6.92 Å². The molecule has 0 aliphatic heterocycles. The van der Waals surface area contributed by atoms with E-state index in [1.165, 1.54) is 11.1 Å². The summed E-state index contributed by atoms with van der Waals surface area (Å²) in [5, 5.41) is 6.84. The Morgan fingerprint density at radius 3 is 2.38 bits per heavy atom. The van der Waals surface area contributed by atoms with Crippen LogP contribution in [-0.2, 0) is 4.74 Å². The maximum atomic E-state index is 5.09. The van der Waals surface area contributed by atoms with E-state index in [1.54, 1.807) is 7.11 Å². The molecular formula is C20H37N5O. The maximum absolute atomic E-state index is 5.09. The second kappa shape index (κ2) is 12.7. The molecule has 1 rings (SSSR count). The van der Waals surface area contributed by atoms with Crippen LogP contribution >= 0.6 is 0 Å². The second-order valence-corrected chi connectivity index (χ2v) is 6.92. The Bertz CT molecular complexity index is 515. The molecular weight excluding hydrogens is 326 g/mol. The highest BCUT2D eigenvalue weighted by molar-refractivity contribution is 5.79. The lowest BCUT2D eigenvalue weighted by molar-refractivity contribution is 0.180. The number of guanidine groups is 1. The molecule has 0 aliphatic carbocycles. The van der Waals surface area contributed by atoms with Crippen LogP contribution in [0.15, 0.2) is 29.3 Å². The molecule has 0 spiro atoms. The molecule has 0 amide bonds. The normalized spacial score (nSPS) is 13.3. The van der Waals surface area contributed by atoms with E-state index in [0.29, 0.717) is 6.04 Å². The number of benzene rings is 1. The van der Waals surface area contributed by atoms with Gasteiger partial charge in [0.15, 0.2) is 5.96 Å². The molecule has 1 unspecified atom stereocenters. The molecule has 1 atom stereocenters. The third-order valence-electron chi connectivity index (χ3n) is 4.45. The highest BCUT2D eigenvalue weighted by Gasteiger charge is 2.14. The van der Waals surface area contributed by atoms with E-state index in [-0.39, 0.29) is 0 Å². The van der Waals surface area contributed by atoms with Gasteiger partial charge in [-0.3, -0.25) is 4.99 Å². The number of likely N-dealkylation sites (N-methyl/N-ethyl adjacent to an activating group) is 2. The van der Waals surface area contributed by atoms with Gasteiger partial charge in [-0.2, -0.15) is 0 Å². The van der Waals surface area contributed by atoms with Crippen molar-refractivity contribution in [1.82, 2.24) is 20.4 Å². The van der Waals surface area contributed by atoms with Crippen molar-refractivity contribution in [3.63, 3.8) is 0 Å². The number of methoxy groups -OCH3 is 1. The topological polar surface area (TPSA) is 52.1 Å². The average Bonchev–Trinajstić information content (AvgIpc) is 2.61. The number of nitrogens with zero attached hydrogens (tertiary/aromatic N) is 3. The zero-order valence-corrected chi connectivity index (χ0v) is 17.4. The van der Waals surface area contributed by atoms with Crippen LogP contribution in [-0.4, -0.2) is 83.8 Å². The van der Waals surface area contributed by atoms with Gasteiger partial charge in [0.1, 0.15) is 0 Å². The molecule has 0 heterocycles. The summed E-state index contributed by atoms with van der Waals surface area (Å²) in [6.07, 6.45) is 1.06. The zero-order chi connectivity index (χ0) is 19.4. The van der Waals surface area contributed by atoms with E-state index < -0.39 is 0 Å². The Labute approximate surface area is 159 Å². The molecule has 0 aliphatic rings. The van der Waals surface area contributed by atoms with Crippen LogP contribution in [0.3, 0.4) is 0 Å². The Kier molecular flexibility index (Phi) is 10.9. The van der Waals surface area contributed by atoms with E-state index >= 15 is 0 Å². The first-order chi connectivity index (χ1) is 12.5. The van der Waals surface area contributed by atoms with Gasteiger partial charge in [0.25, 0.3) is 0 Å². The zero-order valence-electron chi connectivity index (χ0n) is 17.4. The first-order valence-corrected chi connectivity index (χ1v) is 9.33. The van der Waals surface area contributed by atoms with Gasteiger partial charge in [-0.1, -0.05) is 29.8 Å². The number of nitrogens with one attached hydrogen (secondary N) is 2. The number of ether oxygens (including phenoxy) is 1. The quantitative estimate of drug-likeness (QED) is 0.356. The largest absolute Gasteiger partial charge is 0.385 e. The van der Waals surface area contributed by atoms with Gasteiger partial charge >= 0.3 is 0 Å². The fourth-order valence-corrected chi connectivity index (χ4v) is 2.76. The summed E-state index contributed by atoms with van der Waals surface area (Å²) in [5.74, 6) is 0.842. The standard InChI is InChI=1S/C20H37N5O/c1-17-8-10-18(11-9-17)19(24(3)4)16-23-20(21-2)22-12-14-25(5)13-7-15-26-6/h8-11,19H,7,12-16H2,1-6H3,(H2,21,22,23). The average molecular weight is 364 g/mol. The molecule has 148 valence electrons. The summed E-state index contributed by atoms with van der Waals surface area (Å²) in [7, 11) is 9.91. The fraction of sp³-hybridized carbons (Fsp3) is 0.650. The predicted molar refractivity (Wildman–Crippen MR) is 111 cm³/mol. The number of hydrogen-bond acceptors (Lipinski definition) is 4. The lowest BCUT2D eigenvalue weighted by Gasteiger charge is -2.26. The van der Waals surface area contributed by atoms with Crippen LogP contribution in [0.2, 0.25) is 0 Å². The van der Waals surface area contributed by atoms with E-state index in [9.17, 15) is 0 Å². The van der Waals surface area contributed by atoms with Crippen LogP contribution in [0.4, 0.5) is 0 Å². The molecule has 0 saturated carbocycles. The minimum atomic E-state index is 0.297. The predicted octanol–water partition coefficient (Wildman–Crippen LogP) is 1.73. The maximum Gasteiger partial charge on any atom is 0.191 e. The van der Waals surface area contributed by atoms with Crippen molar-refractivity contribution in [3.8, 4) is 0 Å². The van der Waals surface area contributed by atoms with Gasteiger partial charge in [-0.15, -0.1) is 0 Å². The first-order valence-electron chi connectivity index (χ1n) is 9.33. The summed E-state index contributed by atoms with van der Waals surface area (Å²) in [6.45, 7) is 6.60. The summed E-state index contributed by atoms with van der Waals surface area (Å²) in [5.41, 5.74) is 2.59. The Hall–Kier alpha value is -1.63. The van der Waals surface area contributed by atoms with Crippen molar-refractivity contribution in [1.29, 1.82) is 0 Å². The Morgan fingerprint density at radius 1 is 1.12 bits per heavy atom. The number of hydrogen-bond donors (Lipinski definition) is 2. The van der Waals surface area contributed by atoms with Crippen molar-refractivity contribution in [2.24, 2.45) is 4.99 Å². The van der Waals surface area contributed by atoms with Crippen LogP contribution in [0.25, 0.3) is 0 Å². The van der Waals surface area contributed by atoms with Crippen molar-refractivity contribution >= 4 is 5.96 Å². The molecule has 2 N–H and O–H groups in total. The number of rotatable bonds is 11. The van der Waals surface area contributed by atoms with Gasteiger partial charge in [0.05, 0.1) is 6.04 Å². The highest BCUT2D eigenvalue weighted by atomic mass is 16.5. The molecule has 6 nitrogen and oxygen atoms in total. The van der Waals surface area contributed by atoms with E-state index in [0.717, 1.165) is 45.2 Å². The minimum absolute atomic E-state index is 0.297. The lowest BCUT2D eigenvalue weighted by Crippen LogP contribution is -2.44. The van der Waals surface area contributed by atoms with Crippen molar-refractivity contribution < 1.29 is 4.74 Å². The van der Waals surface area contributed by atoms with E-state index in [1.807, 2.05) is 7.05 Å². The number of aliphatic imine (C=N–C) groups is 1. The molecule has 0 aromatic heterocycles. The number of aryl methyl sites for hydroxylation is 1. The van der Waals surface area contributed by atoms with E-state index in [2.05, 4.69) is 77.8 Å². The lowest BCUT2D eigenvalue weighted by atomic mass is 10.0. The van der Waals surface area contributed by atoms with Gasteiger partial charge in [-0.05, 0) is 40.1 Å². The molecule has 6 heteroatoms. The Balaban J connectivity index is 2.42. The molecule has 0 radical (unpaired) electrons. The molecule has 0 bridgehead atoms. The van der Waals surface area contributed by atoms with Crippen molar-refractivity contribution in [3.05, 3.63) is 35.4 Å². The summed E-state index contributed by atoms with van der Waals surface area (Å²) < 4.78 is 5.09. The van der Waals surface area contributed by atoms with E-state index in [4.69, 9.17) is 4.74 Å². The smallest absolute Gasteiger partial charge is 0.191 e. The van der Waals surface area contributed by atoms with Crippen molar-refractivity contribution in [2.45, 2.75) is 19.4 Å². The summed E-state index contributed by atoms with van der Waals surface area (Å²) in [4.78, 5) is 8.87. The third-order valence-corrected chi connectivity index (χ3v) is 4.45. The Morgan fingerprint density at radius 2 is 1.81 bits per heavy atom. The second-order valence-electron chi connectivity index (χ2n) is 6.92. The van der Waals surface area contributed by atoms with Crippen LogP contribution in [0.5, 0.6) is 0 Å². The van der Waals surface area contributed by atoms with Gasteiger partial charge in [-0.25, -0.2) is 0 Å². The van der Waals surface area contributed by atoms with Crippen molar-refractivity contribution in [2.75, 3.05) is 68.1 Å². The van der Waals surface area contributed by atoms with Gasteiger partial charge in [0, 0.05) is 46.9 Å². The molecule has 26 heavy (non-hydrogen) atoms. The molecule has 1 aromatic rings. The molecule has 0 fully saturated rings. The molecule has 0 saturated heterocycles. The first kappa shape index (κ1) is 22.4. The third kappa shape index (κ3) is 8.65. The monoisotopic (exact) mass is 363 g/mol. The summed E-state index contributed by atoms with van der Waals surface area (Å²) >= 11 is 0.